The number of rotatable bonds is 1. The summed E-state index contributed by atoms with van der Waals surface area (Å²) in [5, 5.41) is 0. The van der Waals surface area contributed by atoms with Crippen LogP contribution in [0.1, 0.15) is 10.4 Å². The van der Waals surface area contributed by atoms with E-state index in [1.807, 2.05) is 0 Å². The normalized spacial score (nSPS) is 9.45. The third kappa shape index (κ3) is 1.10. The Morgan fingerprint density at radius 1 is 1.09 bits per heavy atom. The number of benzene rings is 1. The van der Waals surface area contributed by atoms with E-state index in [0.29, 0.717) is 17.5 Å². The van der Waals surface area contributed by atoms with Crippen LogP contribution in [0.2, 0.25) is 0 Å². The average molecular weight is 151 g/mol. The summed E-state index contributed by atoms with van der Waals surface area (Å²) in [6.07, 6.45) is 0.644. The highest BCUT2D eigenvalue weighted by Gasteiger charge is 2.03. The van der Waals surface area contributed by atoms with Crippen molar-refractivity contribution in [2.24, 2.45) is 0 Å². The van der Waals surface area contributed by atoms with Crippen molar-refractivity contribution in [2.75, 3.05) is 17.2 Å². The standard InChI is InChI=1S/C7H9N3O/c8-5-2-1-4(3-11)6(9)7(5)10/h1-3H,8-10H2. The van der Waals surface area contributed by atoms with Gasteiger partial charge in [-0.05, 0) is 12.1 Å². The number of anilines is 3. The van der Waals surface area contributed by atoms with Crippen LogP contribution in [0.4, 0.5) is 17.1 Å². The molecule has 58 valence electrons. The van der Waals surface area contributed by atoms with Gasteiger partial charge in [0.05, 0.1) is 17.1 Å². The summed E-state index contributed by atoms with van der Waals surface area (Å²) < 4.78 is 0. The molecule has 0 heterocycles. The Hall–Kier alpha value is -1.71. The molecule has 0 spiro atoms. The molecule has 11 heavy (non-hydrogen) atoms. The van der Waals surface area contributed by atoms with Crippen LogP contribution >= 0.6 is 0 Å². The monoisotopic (exact) mass is 151 g/mol. The fourth-order valence-electron chi connectivity index (χ4n) is 0.773. The second-order valence-corrected chi connectivity index (χ2v) is 2.19. The Kier molecular flexibility index (Phi) is 1.68. The van der Waals surface area contributed by atoms with Gasteiger partial charge in [-0.25, -0.2) is 0 Å². The van der Waals surface area contributed by atoms with E-state index in [4.69, 9.17) is 17.2 Å². The molecule has 0 saturated heterocycles. The molecule has 0 aliphatic carbocycles. The van der Waals surface area contributed by atoms with Crippen molar-refractivity contribution in [1.29, 1.82) is 0 Å². The lowest BCUT2D eigenvalue weighted by molar-refractivity contribution is 0.112. The van der Waals surface area contributed by atoms with Gasteiger partial charge in [0.1, 0.15) is 0 Å². The predicted molar refractivity (Wildman–Crippen MR) is 45.1 cm³/mol. The van der Waals surface area contributed by atoms with Gasteiger partial charge in [-0.2, -0.15) is 0 Å². The molecule has 0 saturated carbocycles. The van der Waals surface area contributed by atoms with Gasteiger partial charge in [0.15, 0.2) is 6.29 Å². The van der Waals surface area contributed by atoms with Crippen molar-refractivity contribution >= 4 is 23.3 Å². The molecule has 4 heteroatoms. The topological polar surface area (TPSA) is 95.1 Å². The van der Waals surface area contributed by atoms with Crippen molar-refractivity contribution < 1.29 is 4.79 Å². The lowest BCUT2D eigenvalue weighted by Gasteiger charge is -2.04. The second-order valence-electron chi connectivity index (χ2n) is 2.19. The van der Waals surface area contributed by atoms with Crippen molar-refractivity contribution in [3.63, 3.8) is 0 Å². The molecule has 0 aliphatic heterocycles. The molecule has 1 aromatic carbocycles. The fraction of sp³-hybridized carbons (Fsp3) is 0. The van der Waals surface area contributed by atoms with Crippen molar-refractivity contribution in [3.05, 3.63) is 17.7 Å². The van der Waals surface area contributed by atoms with E-state index in [9.17, 15) is 4.79 Å². The first-order valence-electron chi connectivity index (χ1n) is 3.05. The first-order chi connectivity index (χ1) is 5.16. The molecular formula is C7H9N3O. The number of nitrogen functional groups attached to an aromatic ring is 3. The number of hydrogen-bond acceptors (Lipinski definition) is 4. The predicted octanol–water partition coefficient (Wildman–Crippen LogP) is 0.246. The van der Waals surface area contributed by atoms with Gasteiger partial charge in [-0.1, -0.05) is 0 Å². The van der Waals surface area contributed by atoms with Gasteiger partial charge in [0, 0.05) is 5.56 Å². The van der Waals surface area contributed by atoms with Gasteiger partial charge < -0.3 is 17.2 Å². The number of carbonyl (C=O) groups is 1. The van der Waals surface area contributed by atoms with Crippen LogP contribution in [0, 0.1) is 0 Å². The van der Waals surface area contributed by atoms with E-state index in [1.54, 1.807) is 6.07 Å². The first kappa shape index (κ1) is 7.40. The number of aldehydes is 1. The van der Waals surface area contributed by atoms with Gasteiger partial charge >= 0.3 is 0 Å². The van der Waals surface area contributed by atoms with Crippen LogP contribution in [0.15, 0.2) is 12.1 Å². The Labute approximate surface area is 64.0 Å². The molecule has 1 rings (SSSR count). The van der Waals surface area contributed by atoms with Gasteiger partial charge in [0.25, 0.3) is 0 Å². The van der Waals surface area contributed by atoms with Crippen LogP contribution in [-0.4, -0.2) is 6.29 Å². The molecule has 0 atom stereocenters. The SMILES string of the molecule is Nc1ccc(C=O)c(N)c1N. The quantitative estimate of drug-likeness (QED) is 0.396. The summed E-state index contributed by atoms with van der Waals surface area (Å²) >= 11 is 0. The summed E-state index contributed by atoms with van der Waals surface area (Å²) in [4.78, 5) is 10.3. The molecule has 0 amide bonds. The van der Waals surface area contributed by atoms with Gasteiger partial charge in [0.2, 0.25) is 0 Å². The molecule has 1 aromatic rings. The van der Waals surface area contributed by atoms with Crippen LogP contribution in [0.25, 0.3) is 0 Å². The summed E-state index contributed by atoms with van der Waals surface area (Å²) in [7, 11) is 0. The largest absolute Gasteiger partial charge is 0.397 e. The van der Waals surface area contributed by atoms with E-state index >= 15 is 0 Å². The summed E-state index contributed by atoms with van der Waals surface area (Å²) in [5.74, 6) is 0. The minimum atomic E-state index is 0.250. The maximum Gasteiger partial charge on any atom is 0.152 e. The zero-order chi connectivity index (χ0) is 8.43. The van der Waals surface area contributed by atoms with E-state index in [2.05, 4.69) is 0 Å². The van der Waals surface area contributed by atoms with E-state index < -0.39 is 0 Å². The maximum absolute atomic E-state index is 10.3. The van der Waals surface area contributed by atoms with Gasteiger partial charge in [-0.15, -0.1) is 0 Å². The lowest BCUT2D eigenvalue weighted by atomic mass is 10.1. The Morgan fingerprint density at radius 2 is 1.73 bits per heavy atom. The lowest BCUT2D eigenvalue weighted by Crippen LogP contribution is -2.02. The van der Waals surface area contributed by atoms with E-state index in [-0.39, 0.29) is 11.4 Å². The molecule has 0 aliphatic rings. The Bertz CT molecular complexity index is 296. The average Bonchev–Trinajstić information content (AvgIpc) is 2.01. The summed E-state index contributed by atoms with van der Waals surface area (Å²) in [6.45, 7) is 0. The molecule has 0 radical (unpaired) electrons. The Morgan fingerprint density at radius 3 is 2.27 bits per heavy atom. The van der Waals surface area contributed by atoms with E-state index in [1.165, 1.54) is 6.07 Å². The molecule has 6 N–H and O–H groups in total. The van der Waals surface area contributed by atoms with Crippen LogP contribution < -0.4 is 17.2 Å². The maximum atomic E-state index is 10.3. The number of carbonyl (C=O) groups excluding carboxylic acids is 1. The zero-order valence-corrected chi connectivity index (χ0v) is 5.87. The third-order valence-electron chi connectivity index (χ3n) is 1.48. The highest BCUT2D eigenvalue weighted by molar-refractivity contribution is 5.92. The molecule has 0 bridgehead atoms. The van der Waals surface area contributed by atoms with Crippen LogP contribution in [0.3, 0.4) is 0 Å². The van der Waals surface area contributed by atoms with Crippen LogP contribution in [-0.2, 0) is 0 Å². The molecular weight excluding hydrogens is 142 g/mol. The first-order valence-corrected chi connectivity index (χ1v) is 3.05. The minimum absolute atomic E-state index is 0.250. The second kappa shape index (κ2) is 2.49. The zero-order valence-electron chi connectivity index (χ0n) is 5.87. The fourth-order valence-corrected chi connectivity index (χ4v) is 0.773. The van der Waals surface area contributed by atoms with Gasteiger partial charge in [-0.3, -0.25) is 4.79 Å². The van der Waals surface area contributed by atoms with Crippen LogP contribution in [0.5, 0.6) is 0 Å². The highest BCUT2D eigenvalue weighted by Crippen LogP contribution is 2.24. The smallest absolute Gasteiger partial charge is 0.152 e. The summed E-state index contributed by atoms with van der Waals surface area (Å²) in [6, 6.07) is 3.09. The highest BCUT2D eigenvalue weighted by atomic mass is 16.1. The number of hydrogen-bond donors (Lipinski definition) is 3. The molecule has 0 fully saturated rings. The molecule has 0 unspecified atom stereocenters. The molecule has 0 aromatic heterocycles. The Balaban J connectivity index is 3.36. The van der Waals surface area contributed by atoms with Crippen molar-refractivity contribution in [2.45, 2.75) is 0 Å². The van der Waals surface area contributed by atoms with Crippen molar-refractivity contribution in [3.8, 4) is 0 Å². The minimum Gasteiger partial charge on any atom is -0.397 e. The van der Waals surface area contributed by atoms with E-state index in [0.717, 1.165) is 0 Å². The third-order valence-corrected chi connectivity index (χ3v) is 1.48. The summed E-state index contributed by atoms with van der Waals surface area (Å²) in [5.41, 5.74) is 17.6. The van der Waals surface area contributed by atoms with Crippen molar-refractivity contribution in [1.82, 2.24) is 0 Å². The molecule has 4 nitrogen and oxygen atoms in total. The number of nitrogens with two attached hydrogens (primary N) is 3.